The van der Waals surface area contributed by atoms with Crippen molar-refractivity contribution in [1.82, 2.24) is 10.2 Å². The van der Waals surface area contributed by atoms with Gasteiger partial charge in [0.2, 0.25) is 11.8 Å². The molecule has 0 heterocycles. The molecule has 2 amide bonds. The number of nitrogens with one attached hydrogen (secondary N) is 1. The summed E-state index contributed by atoms with van der Waals surface area (Å²) in [7, 11) is -4.19. The lowest BCUT2D eigenvalue weighted by Crippen LogP contribution is -2.54. The summed E-state index contributed by atoms with van der Waals surface area (Å²) in [5, 5.41) is 3.15. The summed E-state index contributed by atoms with van der Waals surface area (Å²) < 4.78 is 43.6. The fourth-order valence-corrected chi connectivity index (χ4v) is 7.40. The van der Waals surface area contributed by atoms with E-state index in [2.05, 4.69) is 21.2 Å². The van der Waals surface area contributed by atoms with Crippen LogP contribution in [-0.2, 0) is 32.6 Å². The second kappa shape index (κ2) is 14.8. The third-order valence-electron chi connectivity index (χ3n) is 7.95. The smallest absolute Gasteiger partial charge is 0.264 e. The normalized spacial score (nSPS) is 14.1. The Balaban J connectivity index is 1.56. The first-order valence-corrected chi connectivity index (χ1v) is 17.2. The van der Waals surface area contributed by atoms with Crippen LogP contribution in [0.15, 0.2) is 119 Å². The van der Waals surface area contributed by atoms with E-state index in [0.717, 1.165) is 35.6 Å². The molecule has 1 N–H and O–H groups in total. The monoisotopic (exact) mass is 691 g/mol. The van der Waals surface area contributed by atoms with Crippen molar-refractivity contribution in [3.63, 3.8) is 0 Å². The maximum Gasteiger partial charge on any atom is 0.264 e. The number of rotatable bonds is 12. The number of benzene rings is 4. The summed E-state index contributed by atoms with van der Waals surface area (Å²) in [6.45, 7) is -0.580. The highest BCUT2D eigenvalue weighted by Crippen LogP contribution is 2.27. The molecule has 0 bridgehead atoms. The Labute approximate surface area is 272 Å². The van der Waals surface area contributed by atoms with E-state index in [1.54, 1.807) is 54.6 Å². The number of sulfonamides is 1. The first-order chi connectivity index (χ1) is 21.7. The minimum absolute atomic E-state index is 0.00942. The summed E-state index contributed by atoms with van der Waals surface area (Å²) in [6.07, 6.45) is 3.98. The molecular weight excluding hydrogens is 657 g/mol. The maximum absolute atomic E-state index is 14.5. The van der Waals surface area contributed by atoms with Gasteiger partial charge in [-0.05, 0) is 66.4 Å². The highest BCUT2D eigenvalue weighted by Gasteiger charge is 2.35. The minimum atomic E-state index is -4.19. The molecule has 7 nitrogen and oxygen atoms in total. The van der Waals surface area contributed by atoms with Crippen molar-refractivity contribution in [3.05, 3.63) is 131 Å². The Bertz CT molecular complexity index is 1700. The van der Waals surface area contributed by atoms with Crippen molar-refractivity contribution < 1.29 is 22.4 Å². The number of halogens is 2. The van der Waals surface area contributed by atoms with Crippen LogP contribution >= 0.6 is 15.9 Å². The van der Waals surface area contributed by atoms with Gasteiger partial charge in [0.05, 0.1) is 10.6 Å². The lowest BCUT2D eigenvalue weighted by molar-refractivity contribution is -0.140. The van der Waals surface area contributed by atoms with Crippen LogP contribution in [0.5, 0.6) is 0 Å². The highest BCUT2D eigenvalue weighted by molar-refractivity contribution is 9.10. The van der Waals surface area contributed by atoms with Crippen molar-refractivity contribution in [2.75, 3.05) is 10.8 Å². The van der Waals surface area contributed by atoms with E-state index in [-0.39, 0.29) is 29.8 Å². The molecule has 1 fully saturated rings. The second-order valence-electron chi connectivity index (χ2n) is 11.1. The molecule has 4 aromatic carbocycles. The van der Waals surface area contributed by atoms with Gasteiger partial charge in [0, 0.05) is 23.5 Å². The largest absolute Gasteiger partial charge is 0.352 e. The van der Waals surface area contributed by atoms with Gasteiger partial charge in [-0.3, -0.25) is 13.9 Å². The lowest BCUT2D eigenvalue weighted by atomic mass is 10.0. The molecule has 1 atom stereocenters. The van der Waals surface area contributed by atoms with E-state index in [1.807, 2.05) is 30.3 Å². The van der Waals surface area contributed by atoms with Gasteiger partial charge >= 0.3 is 0 Å². The Morgan fingerprint density at radius 1 is 0.844 bits per heavy atom. The number of anilines is 1. The topological polar surface area (TPSA) is 86.8 Å². The average molecular weight is 693 g/mol. The van der Waals surface area contributed by atoms with Crippen LogP contribution in [-0.4, -0.2) is 43.8 Å². The predicted molar refractivity (Wildman–Crippen MR) is 176 cm³/mol. The zero-order valence-corrected chi connectivity index (χ0v) is 27.1. The molecular formula is C35H35BrFN3O4S. The van der Waals surface area contributed by atoms with Gasteiger partial charge in [-0.15, -0.1) is 0 Å². The van der Waals surface area contributed by atoms with Gasteiger partial charge in [0.15, 0.2) is 0 Å². The van der Waals surface area contributed by atoms with Crippen LogP contribution < -0.4 is 9.62 Å². The molecule has 0 radical (unpaired) electrons. The van der Waals surface area contributed by atoms with Gasteiger partial charge in [0.25, 0.3) is 10.0 Å². The zero-order chi connectivity index (χ0) is 31.8. The molecule has 0 aliphatic heterocycles. The van der Waals surface area contributed by atoms with E-state index in [9.17, 15) is 22.4 Å². The van der Waals surface area contributed by atoms with Gasteiger partial charge in [-0.1, -0.05) is 95.5 Å². The summed E-state index contributed by atoms with van der Waals surface area (Å²) in [4.78, 5) is 30.0. The molecule has 5 rings (SSSR count). The first-order valence-electron chi connectivity index (χ1n) is 14.9. The van der Waals surface area contributed by atoms with Gasteiger partial charge in [0.1, 0.15) is 18.4 Å². The van der Waals surface area contributed by atoms with Gasteiger partial charge in [-0.25, -0.2) is 12.8 Å². The van der Waals surface area contributed by atoms with Crippen molar-refractivity contribution in [3.8, 4) is 0 Å². The fourth-order valence-electron chi connectivity index (χ4n) is 5.59. The molecule has 1 aliphatic carbocycles. The first kappa shape index (κ1) is 32.4. The molecule has 10 heteroatoms. The molecule has 1 unspecified atom stereocenters. The van der Waals surface area contributed by atoms with Gasteiger partial charge < -0.3 is 10.2 Å². The summed E-state index contributed by atoms with van der Waals surface area (Å²) >= 11 is 3.42. The average Bonchev–Trinajstić information content (AvgIpc) is 3.56. The predicted octanol–water partition coefficient (Wildman–Crippen LogP) is 6.48. The Kier molecular flexibility index (Phi) is 10.7. The third kappa shape index (κ3) is 8.38. The van der Waals surface area contributed by atoms with Crippen LogP contribution in [0.1, 0.15) is 36.8 Å². The molecule has 1 saturated carbocycles. The summed E-state index contributed by atoms with van der Waals surface area (Å²) in [6, 6.07) is 28.8. The van der Waals surface area contributed by atoms with Gasteiger partial charge in [-0.2, -0.15) is 0 Å². The Morgan fingerprint density at radius 2 is 1.49 bits per heavy atom. The van der Waals surface area contributed by atoms with Crippen LogP contribution in [0.3, 0.4) is 0 Å². The van der Waals surface area contributed by atoms with E-state index in [0.29, 0.717) is 15.7 Å². The molecule has 4 aromatic rings. The molecule has 0 saturated heterocycles. The number of carbonyl (C=O) groups excluding carboxylic acids is 2. The number of hydrogen-bond acceptors (Lipinski definition) is 4. The van der Waals surface area contributed by atoms with E-state index in [1.165, 1.54) is 29.2 Å². The lowest BCUT2D eigenvalue weighted by Gasteiger charge is -2.34. The quantitative estimate of drug-likeness (QED) is 0.184. The van der Waals surface area contributed by atoms with Crippen LogP contribution in [0, 0.1) is 5.82 Å². The fraction of sp³-hybridized carbons (Fsp3) is 0.257. The number of hydrogen-bond donors (Lipinski definition) is 1. The molecule has 0 aromatic heterocycles. The Hall–Kier alpha value is -4.02. The van der Waals surface area contributed by atoms with Crippen molar-refractivity contribution in [2.24, 2.45) is 0 Å². The standard InChI is InChI=1S/C35H35BrFN3O4S/c36-28-12-9-15-31(23-28)40(45(43,44)32-16-5-2-6-17-32)25-34(41)39(24-27-18-20-29(37)21-19-27)33(22-26-10-3-1-4-11-26)35(42)38-30-13-7-8-14-30/h1-6,9-12,15-21,23,30,33H,7-8,13-14,22,24-25H2,(H,38,42). The molecule has 1 aliphatic rings. The van der Waals surface area contributed by atoms with Crippen LogP contribution in [0.25, 0.3) is 0 Å². The van der Waals surface area contributed by atoms with Crippen molar-refractivity contribution in [2.45, 2.75) is 55.6 Å². The zero-order valence-electron chi connectivity index (χ0n) is 24.7. The van der Waals surface area contributed by atoms with Crippen LogP contribution in [0.2, 0.25) is 0 Å². The number of carbonyl (C=O) groups is 2. The summed E-state index contributed by atoms with van der Waals surface area (Å²) in [5.41, 5.74) is 1.75. The van der Waals surface area contributed by atoms with E-state index >= 15 is 0 Å². The third-order valence-corrected chi connectivity index (χ3v) is 10.2. The van der Waals surface area contributed by atoms with E-state index < -0.39 is 34.3 Å². The molecule has 234 valence electrons. The minimum Gasteiger partial charge on any atom is -0.352 e. The number of nitrogens with zero attached hydrogens (tertiary/aromatic N) is 2. The van der Waals surface area contributed by atoms with Crippen molar-refractivity contribution >= 4 is 43.5 Å². The highest BCUT2D eigenvalue weighted by atomic mass is 79.9. The molecule has 45 heavy (non-hydrogen) atoms. The second-order valence-corrected chi connectivity index (χ2v) is 13.9. The Morgan fingerprint density at radius 3 is 2.13 bits per heavy atom. The SMILES string of the molecule is O=C(NC1CCCC1)C(Cc1ccccc1)N(Cc1ccc(F)cc1)C(=O)CN(c1cccc(Br)c1)S(=O)(=O)c1ccccc1. The van der Waals surface area contributed by atoms with Crippen LogP contribution in [0.4, 0.5) is 10.1 Å². The molecule has 0 spiro atoms. The van der Waals surface area contributed by atoms with Crippen molar-refractivity contribution in [1.29, 1.82) is 0 Å². The maximum atomic E-state index is 14.5. The summed E-state index contributed by atoms with van der Waals surface area (Å²) in [5.74, 6) is -1.30. The number of amides is 2. The van der Waals surface area contributed by atoms with E-state index in [4.69, 9.17) is 0 Å².